The van der Waals surface area contributed by atoms with Crippen molar-refractivity contribution in [2.24, 2.45) is 5.10 Å². The average Bonchev–Trinajstić information content (AvgIpc) is 2.84. The number of aryl methyl sites for hydroxylation is 1. The van der Waals surface area contributed by atoms with Gasteiger partial charge in [0.25, 0.3) is 5.91 Å². The van der Waals surface area contributed by atoms with E-state index in [0.29, 0.717) is 28.4 Å². The van der Waals surface area contributed by atoms with E-state index < -0.39 is 11.9 Å². The van der Waals surface area contributed by atoms with Crippen LogP contribution in [0.15, 0.2) is 70.2 Å². The quantitative estimate of drug-likeness (QED) is 0.165. The number of benzene rings is 3. The predicted molar refractivity (Wildman–Crippen MR) is 139 cm³/mol. The van der Waals surface area contributed by atoms with Crippen LogP contribution in [0.2, 0.25) is 0 Å². The largest absolute Gasteiger partial charge is 0.497 e. The van der Waals surface area contributed by atoms with Gasteiger partial charge in [-0.15, -0.1) is 0 Å². The summed E-state index contributed by atoms with van der Waals surface area (Å²) in [6, 6.07) is 17.6. The first-order chi connectivity index (χ1) is 16.8. The molecule has 0 aliphatic heterocycles. The Kier molecular flexibility index (Phi) is 9.03. The Labute approximate surface area is 213 Å². The molecule has 0 unspecified atom stereocenters. The molecule has 0 aliphatic carbocycles. The lowest BCUT2D eigenvalue weighted by Gasteiger charge is -2.14. The Morgan fingerprint density at radius 1 is 1.03 bits per heavy atom. The second-order valence-corrected chi connectivity index (χ2v) is 8.99. The first kappa shape index (κ1) is 26.0. The number of hydrogen-bond donors (Lipinski definition) is 1. The summed E-state index contributed by atoms with van der Waals surface area (Å²) in [5.74, 6) is 0.941. The van der Waals surface area contributed by atoms with Crippen LogP contribution in [0.25, 0.3) is 0 Å². The average molecular weight is 539 g/mol. The Bertz CT molecular complexity index is 1220. The minimum Gasteiger partial charge on any atom is -0.497 e. The molecule has 3 aromatic carbocycles. The van der Waals surface area contributed by atoms with Gasteiger partial charge in [-0.2, -0.15) is 5.10 Å². The lowest BCUT2D eigenvalue weighted by Crippen LogP contribution is -2.25. The van der Waals surface area contributed by atoms with Crippen molar-refractivity contribution >= 4 is 34.0 Å². The number of halogens is 1. The van der Waals surface area contributed by atoms with Gasteiger partial charge in [0.05, 0.1) is 18.9 Å². The molecule has 0 fully saturated rings. The number of carbonyl (C=O) groups is 2. The molecule has 0 radical (unpaired) electrons. The Morgan fingerprint density at radius 2 is 1.77 bits per heavy atom. The fourth-order valence-corrected chi connectivity index (χ4v) is 3.57. The normalized spacial score (nSPS) is 10.9. The van der Waals surface area contributed by atoms with E-state index in [0.717, 1.165) is 15.6 Å². The SMILES string of the molecule is COc1ccc(C(=O)Oc2ccc(Br)cc2/C=N\NC(=O)COc2cc(C)ccc2C(C)C)cc1. The maximum atomic E-state index is 12.5. The van der Waals surface area contributed by atoms with Gasteiger partial charge in [-0.3, -0.25) is 4.79 Å². The summed E-state index contributed by atoms with van der Waals surface area (Å²) in [5.41, 5.74) is 5.40. The van der Waals surface area contributed by atoms with Crippen LogP contribution in [-0.4, -0.2) is 31.8 Å². The van der Waals surface area contributed by atoms with Crippen LogP contribution in [0.1, 0.15) is 46.8 Å². The number of hydrazone groups is 1. The summed E-state index contributed by atoms with van der Waals surface area (Å²) in [4.78, 5) is 24.8. The molecule has 182 valence electrons. The third kappa shape index (κ3) is 7.42. The maximum absolute atomic E-state index is 12.5. The van der Waals surface area contributed by atoms with Crippen molar-refractivity contribution in [1.29, 1.82) is 0 Å². The third-order valence-electron chi connectivity index (χ3n) is 5.04. The first-order valence-electron chi connectivity index (χ1n) is 11.0. The fraction of sp³-hybridized carbons (Fsp3) is 0.222. The highest BCUT2D eigenvalue weighted by Crippen LogP contribution is 2.27. The molecule has 0 aliphatic rings. The molecule has 1 amide bonds. The highest BCUT2D eigenvalue weighted by atomic mass is 79.9. The number of amides is 1. The minimum atomic E-state index is -0.527. The van der Waals surface area contributed by atoms with E-state index in [2.05, 4.69) is 40.3 Å². The van der Waals surface area contributed by atoms with Crippen molar-refractivity contribution < 1.29 is 23.8 Å². The van der Waals surface area contributed by atoms with Gasteiger partial charge >= 0.3 is 5.97 Å². The predicted octanol–water partition coefficient (Wildman–Crippen LogP) is 5.64. The summed E-state index contributed by atoms with van der Waals surface area (Å²) in [5, 5.41) is 4.00. The van der Waals surface area contributed by atoms with Crippen LogP contribution < -0.4 is 19.6 Å². The van der Waals surface area contributed by atoms with Gasteiger partial charge in [-0.25, -0.2) is 10.2 Å². The van der Waals surface area contributed by atoms with Crippen LogP contribution in [0.4, 0.5) is 0 Å². The highest BCUT2D eigenvalue weighted by Gasteiger charge is 2.13. The molecular formula is C27H27BrN2O5. The van der Waals surface area contributed by atoms with Crippen molar-refractivity contribution in [2.45, 2.75) is 26.7 Å². The van der Waals surface area contributed by atoms with E-state index in [9.17, 15) is 9.59 Å². The number of nitrogens with one attached hydrogen (secondary N) is 1. The van der Waals surface area contributed by atoms with Gasteiger partial charge < -0.3 is 14.2 Å². The van der Waals surface area contributed by atoms with Gasteiger partial charge in [0.1, 0.15) is 17.2 Å². The van der Waals surface area contributed by atoms with Crippen LogP contribution in [0, 0.1) is 6.92 Å². The number of ether oxygens (including phenoxy) is 3. The third-order valence-corrected chi connectivity index (χ3v) is 5.54. The van der Waals surface area contributed by atoms with Gasteiger partial charge in [-0.1, -0.05) is 41.9 Å². The monoisotopic (exact) mass is 538 g/mol. The van der Waals surface area contributed by atoms with Crippen LogP contribution in [0.5, 0.6) is 17.2 Å². The van der Waals surface area contributed by atoms with Crippen molar-refractivity contribution in [3.63, 3.8) is 0 Å². The second kappa shape index (κ2) is 12.2. The van der Waals surface area contributed by atoms with E-state index in [4.69, 9.17) is 14.2 Å². The number of methoxy groups -OCH3 is 1. The fourth-order valence-electron chi connectivity index (χ4n) is 3.19. The maximum Gasteiger partial charge on any atom is 0.343 e. The molecule has 0 bridgehead atoms. The second-order valence-electron chi connectivity index (χ2n) is 8.08. The van der Waals surface area contributed by atoms with Crippen molar-refractivity contribution in [1.82, 2.24) is 5.43 Å². The molecule has 3 aromatic rings. The standard InChI is InChI=1S/C27H27BrN2O5/c1-17(2)23-11-5-18(3)13-25(23)34-16-26(31)30-29-15-20-14-21(28)8-12-24(20)35-27(32)19-6-9-22(33-4)10-7-19/h5-15,17H,16H2,1-4H3,(H,30,31)/b29-15-. The number of rotatable bonds is 9. The zero-order chi connectivity index (χ0) is 25.4. The molecule has 1 N–H and O–H groups in total. The zero-order valence-corrected chi connectivity index (χ0v) is 21.6. The van der Waals surface area contributed by atoms with E-state index in [1.807, 2.05) is 25.1 Å². The van der Waals surface area contributed by atoms with E-state index in [-0.39, 0.29) is 12.5 Å². The van der Waals surface area contributed by atoms with Crippen LogP contribution >= 0.6 is 15.9 Å². The van der Waals surface area contributed by atoms with Crippen molar-refractivity contribution in [3.8, 4) is 17.2 Å². The molecule has 0 spiro atoms. The summed E-state index contributed by atoms with van der Waals surface area (Å²) >= 11 is 3.40. The molecule has 0 atom stereocenters. The highest BCUT2D eigenvalue weighted by molar-refractivity contribution is 9.10. The molecule has 8 heteroatoms. The smallest absolute Gasteiger partial charge is 0.343 e. The minimum absolute atomic E-state index is 0.182. The van der Waals surface area contributed by atoms with Crippen LogP contribution in [-0.2, 0) is 4.79 Å². The molecule has 3 rings (SSSR count). The number of nitrogens with zero attached hydrogens (tertiary/aromatic N) is 1. The Hall–Kier alpha value is -3.65. The number of esters is 1. The Morgan fingerprint density at radius 3 is 2.46 bits per heavy atom. The van der Waals surface area contributed by atoms with Gasteiger partial charge in [0.15, 0.2) is 6.61 Å². The van der Waals surface area contributed by atoms with Gasteiger partial charge in [0.2, 0.25) is 0 Å². The molecule has 35 heavy (non-hydrogen) atoms. The molecule has 0 saturated heterocycles. The lowest BCUT2D eigenvalue weighted by molar-refractivity contribution is -0.123. The van der Waals surface area contributed by atoms with Crippen molar-refractivity contribution in [3.05, 3.63) is 87.4 Å². The number of carbonyl (C=O) groups excluding carboxylic acids is 2. The molecule has 0 heterocycles. The van der Waals surface area contributed by atoms with E-state index in [1.165, 1.54) is 6.21 Å². The summed E-state index contributed by atoms with van der Waals surface area (Å²) in [7, 11) is 1.55. The summed E-state index contributed by atoms with van der Waals surface area (Å²) < 4.78 is 17.1. The van der Waals surface area contributed by atoms with Gasteiger partial charge in [0, 0.05) is 10.0 Å². The molecular weight excluding hydrogens is 512 g/mol. The number of hydrogen-bond acceptors (Lipinski definition) is 6. The van der Waals surface area contributed by atoms with E-state index in [1.54, 1.807) is 49.6 Å². The van der Waals surface area contributed by atoms with Crippen molar-refractivity contribution in [2.75, 3.05) is 13.7 Å². The first-order valence-corrected chi connectivity index (χ1v) is 11.8. The molecule has 0 saturated carbocycles. The van der Waals surface area contributed by atoms with E-state index >= 15 is 0 Å². The molecule has 7 nitrogen and oxygen atoms in total. The van der Waals surface area contributed by atoms with Crippen LogP contribution in [0.3, 0.4) is 0 Å². The topological polar surface area (TPSA) is 86.2 Å². The Balaban J connectivity index is 1.63. The molecule has 0 aromatic heterocycles. The van der Waals surface area contributed by atoms with Gasteiger partial charge in [-0.05, 0) is 72.5 Å². The zero-order valence-electron chi connectivity index (χ0n) is 20.0. The lowest BCUT2D eigenvalue weighted by atomic mass is 10.0. The summed E-state index contributed by atoms with van der Waals surface area (Å²) in [6.45, 7) is 5.93. The summed E-state index contributed by atoms with van der Waals surface area (Å²) in [6.07, 6.45) is 1.41.